The molecule has 1 aromatic rings. The molecule has 0 aliphatic carbocycles. The van der Waals surface area contributed by atoms with E-state index in [-0.39, 0.29) is 0 Å². The smallest absolute Gasteiger partial charge is 0.240 e. The van der Waals surface area contributed by atoms with Gasteiger partial charge in [0.05, 0.1) is 5.69 Å². The number of nitrogens with zero attached hydrogens (tertiary/aromatic N) is 1. The highest BCUT2D eigenvalue weighted by atomic mass is 16.1. The lowest BCUT2D eigenvalue weighted by Gasteiger charge is -2.17. The van der Waals surface area contributed by atoms with Crippen molar-refractivity contribution in [2.45, 2.75) is 46.5 Å². The summed E-state index contributed by atoms with van der Waals surface area (Å²) in [4.78, 5) is 14.3. The van der Waals surface area contributed by atoms with Crippen LogP contribution in [0.3, 0.4) is 0 Å². The molecular weight excluding hydrogens is 212 g/mol. The number of hydrogen-bond donors (Lipinski definition) is 1. The van der Waals surface area contributed by atoms with Gasteiger partial charge in [0.15, 0.2) is 0 Å². The molecular formula is C14H20N2O. The maximum absolute atomic E-state index is 10.5. The van der Waals surface area contributed by atoms with E-state index in [0.717, 1.165) is 35.2 Å². The van der Waals surface area contributed by atoms with Crippen molar-refractivity contribution in [3.05, 3.63) is 22.8 Å². The van der Waals surface area contributed by atoms with Crippen LogP contribution >= 0.6 is 0 Å². The van der Waals surface area contributed by atoms with E-state index in [0.29, 0.717) is 11.6 Å². The third-order valence-electron chi connectivity index (χ3n) is 3.07. The van der Waals surface area contributed by atoms with Crippen molar-refractivity contribution < 1.29 is 4.79 Å². The maximum Gasteiger partial charge on any atom is 0.240 e. The van der Waals surface area contributed by atoms with Gasteiger partial charge >= 0.3 is 0 Å². The maximum atomic E-state index is 10.5. The molecule has 0 saturated heterocycles. The molecule has 0 unspecified atom stereocenters. The van der Waals surface area contributed by atoms with Gasteiger partial charge in [0.1, 0.15) is 0 Å². The number of nitrogens with two attached hydrogens (primary N) is 1. The first-order valence-corrected chi connectivity index (χ1v) is 6.08. The van der Waals surface area contributed by atoms with Crippen LogP contribution in [-0.4, -0.2) is 6.08 Å². The molecule has 0 fully saturated rings. The Morgan fingerprint density at radius 2 is 2.00 bits per heavy atom. The van der Waals surface area contributed by atoms with Gasteiger partial charge in [-0.05, 0) is 29.9 Å². The average Bonchev–Trinajstić information content (AvgIpc) is 2.29. The van der Waals surface area contributed by atoms with Gasteiger partial charge in [-0.3, -0.25) is 0 Å². The minimum absolute atomic E-state index is 0.375. The monoisotopic (exact) mass is 232 g/mol. The third-order valence-corrected chi connectivity index (χ3v) is 3.07. The highest BCUT2D eigenvalue weighted by Crippen LogP contribution is 2.36. The quantitative estimate of drug-likeness (QED) is 0.491. The second kappa shape index (κ2) is 5.65. The molecule has 2 N–H and O–H groups in total. The van der Waals surface area contributed by atoms with Crippen LogP contribution in [0.4, 0.5) is 11.4 Å². The minimum atomic E-state index is 0.375. The van der Waals surface area contributed by atoms with Crippen molar-refractivity contribution in [2.75, 3.05) is 5.73 Å². The van der Waals surface area contributed by atoms with Gasteiger partial charge in [-0.25, -0.2) is 4.79 Å². The fourth-order valence-electron chi connectivity index (χ4n) is 2.12. The molecule has 3 heteroatoms. The summed E-state index contributed by atoms with van der Waals surface area (Å²) < 4.78 is 0. The van der Waals surface area contributed by atoms with Crippen LogP contribution in [0.5, 0.6) is 0 Å². The zero-order chi connectivity index (χ0) is 13.0. The van der Waals surface area contributed by atoms with Crippen molar-refractivity contribution in [3.63, 3.8) is 0 Å². The van der Waals surface area contributed by atoms with Gasteiger partial charge < -0.3 is 5.73 Å². The molecule has 0 amide bonds. The predicted molar refractivity (Wildman–Crippen MR) is 71.5 cm³/mol. The fraction of sp³-hybridized carbons (Fsp3) is 0.500. The summed E-state index contributed by atoms with van der Waals surface area (Å²) in [5.41, 5.74) is 10.8. The first-order valence-electron chi connectivity index (χ1n) is 6.08. The summed E-state index contributed by atoms with van der Waals surface area (Å²) in [5, 5.41) is 0. The molecule has 0 aliphatic rings. The van der Waals surface area contributed by atoms with Gasteiger partial charge in [-0.2, -0.15) is 4.99 Å². The number of aliphatic imine (C=N–C) groups is 1. The zero-order valence-electron chi connectivity index (χ0n) is 11.0. The van der Waals surface area contributed by atoms with Crippen LogP contribution in [0.25, 0.3) is 0 Å². The summed E-state index contributed by atoms with van der Waals surface area (Å²) in [6.45, 7) is 8.32. The van der Waals surface area contributed by atoms with Crippen LogP contribution in [-0.2, 0) is 17.6 Å². The number of benzene rings is 1. The van der Waals surface area contributed by atoms with E-state index in [1.54, 1.807) is 6.08 Å². The van der Waals surface area contributed by atoms with E-state index in [4.69, 9.17) is 5.73 Å². The lowest BCUT2D eigenvalue weighted by Crippen LogP contribution is -2.04. The topological polar surface area (TPSA) is 55.4 Å². The Bertz CT molecular complexity index is 458. The molecule has 1 aromatic carbocycles. The highest BCUT2D eigenvalue weighted by Gasteiger charge is 2.15. The van der Waals surface area contributed by atoms with Crippen molar-refractivity contribution in [1.82, 2.24) is 0 Å². The van der Waals surface area contributed by atoms with Crippen molar-refractivity contribution in [2.24, 2.45) is 4.99 Å². The van der Waals surface area contributed by atoms with E-state index in [1.807, 2.05) is 6.92 Å². The van der Waals surface area contributed by atoms with E-state index in [9.17, 15) is 4.79 Å². The fourth-order valence-corrected chi connectivity index (χ4v) is 2.12. The summed E-state index contributed by atoms with van der Waals surface area (Å²) >= 11 is 0. The van der Waals surface area contributed by atoms with Gasteiger partial charge in [0, 0.05) is 11.3 Å². The molecule has 0 bridgehead atoms. The first kappa shape index (κ1) is 13.5. The van der Waals surface area contributed by atoms with Gasteiger partial charge in [-0.15, -0.1) is 0 Å². The Hall–Kier alpha value is -1.60. The SMILES string of the molecule is CCc1cc(C(C)C)c(N)c(CC)c1N=C=O. The largest absolute Gasteiger partial charge is 0.398 e. The van der Waals surface area contributed by atoms with Crippen LogP contribution in [0.15, 0.2) is 11.1 Å². The van der Waals surface area contributed by atoms with Crippen LogP contribution in [0, 0.1) is 0 Å². The molecule has 3 nitrogen and oxygen atoms in total. The van der Waals surface area contributed by atoms with Gasteiger partial charge in [0.25, 0.3) is 0 Å². The van der Waals surface area contributed by atoms with Gasteiger partial charge in [0.2, 0.25) is 6.08 Å². The predicted octanol–water partition coefficient (Wildman–Crippen LogP) is 3.48. The molecule has 92 valence electrons. The minimum Gasteiger partial charge on any atom is -0.398 e. The lowest BCUT2D eigenvalue weighted by molar-refractivity contribution is 0.565. The standard InChI is InChI=1S/C14H20N2O/c1-5-10-7-12(9(3)4)13(15)11(6-2)14(10)16-8-17/h7,9H,5-6,15H2,1-4H3. The number of rotatable bonds is 4. The van der Waals surface area contributed by atoms with Crippen molar-refractivity contribution in [3.8, 4) is 0 Å². The molecule has 1 rings (SSSR count). The summed E-state index contributed by atoms with van der Waals surface area (Å²) in [6, 6.07) is 2.06. The molecule has 0 spiro atoms. The number of carbonyl (C=O) groups excluding carboxylic acids is 1. The summed E-state index contributed by atoms with van der Waals surface area (Å²) in [7, 11) is 0. The average molecular weight is 232 g/mol. The summed E-state index contributed by atoms with van der Waals surface area (Å²) in [6.07, 6.45) is 3.25. The third kappa shape index (κ3) is 2.56. The van der Waals surface area contributed by atoms with Crippen LogP contribution in [0.2, 0.25) is 0 Å². The number of anilines is 1. The molecule has 0 aliphatic heterocycles. The number of aryl methyl sites for hydroxylation is 1. The van der Waals surface area contributed by atoms with Crippen LogP contribution < -0.4 is 5.73 Å². The molecule has 0 aromatic heterocycles. The van der Waals surface area contributed by atoms with E-state index in [2.05, 4.69) is 31.8 Å². The van der Waals surface area contributed by atoms with E-state index < -0.39 is 0 Å². The van der Waals surface area contributed by atoms with Gasteiger partial charge in [-0.1, -0.05) is 33.8 Å². The second-order valence-electron chi connectivity index (χ2n) is 4.43. The number of isocyanates is 1. The normalized spacial score (nSPS) is 10.4. The Morgan fingerprint density at radius 3 is 2.41 bits per heavy atom. The Kier molecular flexibility index (Phi) is 4.47. The van der Waals surface area contributed by atoms with Crippen molar-refractivity contribution in [1.29, 1.82) is 0 Å². The first-order chi connectivity index (χ1) is 8.06. The molecule has 0 heterocycles. The lowest BCUT2D eigenvalue weighted by atomic mass is 9.91. The Labute approximate surface area is 103 Å². The number of nitrogen functional groups attached to an aromatic ring is 1. The molecule has 0 radical (unpaired) electrons. The molecule has 0 atom stereocenters. The van der Waals surface area contributed by atoms with Crippen LogP contribution in [0.1, 0.15) is 50.3 Å². The second-order valence-corrected chi connectivity index (χ2v) is 4.43. The molecule has 17 heavy (non-hydrogen) atoms. The summed E-state index contributed by atoms with van der Waals surface area (Å²) in [5.74, 6) is 0.375. The Morgan fingerprint density at radius 1 is 1.35 bits per heavy atom. The van der Waals surface area contributed by atoms with E-state index in [1.165, 1.54) is 0 Å². The Balaban J connectivity index is 3.60. The van der Waals surface area contributed by atoms with E-state index >= 15 is 0 Å². The zero-order valence-corrected chi connectivity index (χ0v) is 11.0. The highest BCUT2D eigenvalue weighted by molar-refractivity contribution is 5.71. The number of hydrogen-bond acceptors (Lipinski definition) is 3. The van der Waals surface area contributed by atoms with Crippen molar-refractivity contribution >= 4 is 17.5 Å². The molecule has 0 saturated carbocycles.